The van der Waals surface area contributed by atoms with Gasteiger partial charge >= 0.3 is 0 Å². The van der Waals surface area contributed by atoms with E-state index in [9.17, 15) is 0 Å². The van der Waals surface area contributed by atoms with Crippen LogP contribution in [0.3, 0.4) is 0 Å². The Morgan fingerprint density at radius 3 is 2.62 bits per heavy atom. The van der Waals surface area contributed by atoms with E-state index in [1.807, 2.05) is 18.2 Å². The fourth-order valence-corrected chi connectivity index (χ4v) is 3.02. The number of benzene rings is 1. The summed E-state index contributed by atoms with van der Waals surface area (Å²) in [6.07, 6.45) is 1.11. The van der Waals surface area contributed by atoms with Gasteiger partial charge in [0.1, 0.15) is 31.9 Å². The van der Waals surface area contributed by atoms with Gasteiger partial charge in [-0.2, -0.15) is 0 Å². The fourth-order valence-electron chi connectivity index (χ4n) is 2.85. The van der Waals surface area contributed by atoms with Gasteiger partial charge in [0.25, 0.3) is 0 Å². The molecule has 21 heavy (non-hydrogen) atoms. The maximum atomic E-state index is 6.12. The maximum Gasteiger partial charge on any atom is 0.127 e. The minimum Gasteiger partial charge on any atom is -0.493 e. The first-order valence-electron chi connectivity index (χ1n) is 8.05. The van der Waals surface area contributed by atoms with E-state index in [4.69, 9.17) is 16.3 Å². The van der Waals surface area contributed by atoms with Crippen molar-refractivity contribution < 1.29 is 15.0 Å². The largest absolute Gasteiger partial charge is 0.493 e. The average Bonchev–Trinajstić information content (AvgIpc) is 2.45. The van der Waals surface area contributed by atoms with Crippen LogP contribution in [-0.2, 0) is 5.41 Å². The van der Waals surface area contributed by atoms with E-state index in [-0.39, 0.29) is 5.41 Å². The molecule has 0 atom stereocenters. The van der Waals surface area contributed by atoms with Crippen molar-refractivity contribution in [2.24, 2.45) is 0 Å². The molecule has 1 saturated heterocycles. The van der Waals surface area contributed by atoms with Crippen molar-refractivity contribution in [1.82, 2.24) is 0 Å². The highest BCUT2D eigenvalue weighted by Gasteiger charge is 2.20. The molecule has 2 rings (SSSR count). The molecule has 0 saturated carbocycles. The summed E-state index contributed by atoms with van der Waals surface area (Å²) in [5, 5.41) is 3.19. The van der Waals surface area contributed by atoms with Crippen LogP contribution in [0.2, 0.25) is 5.02 Å². The van der Waals surface area contributed by atoms with Gasteiger partial charge in [0.05, 0.1) is 13.2 Å². The number of quaternary nitrogens is 2. The molecule has 0 amide bonds. The van der Waals surface area contributed by atoms with Crippen LogP contribution in [0.25, 0.3) is 0 Å². The molecule has 1 aromatic rings. The van der Waals surface area contributed by atoms with Gasteiger partial charge in [-0.05, 0) is 23.6 Å². The van der Waals surface area contributed by atoms with Crippen LogP contribution in [0.4, 0.5) is 0 Å². The van der Waals surface area contributed by atoms with Crippen LogP contribution < -0.4 is 15.0 Å². The van der Waals surface area contributed by atoms with Gasteiger partial charge in [-0.1, -0.05) is 32.4 Å². The summed E-state index contributed by atoms with van der Waals surface area (Å²) < 4.78 is 6.03. The molecule has 3 N–H and O–H groups in total. The molecular formula is C17H29ClN2O+2. The van der Waals surface area contributed by atoms with Gasteiger partial charge in [0.2, 0.25) is 0 Å². The Bertz CT molecular complexity index is 451. The summed E-state index contributed by atoms with van der Waals surface area (Å²) in [5.74, 6) is 0.980. The zero-order chi connectivity index (χ0) is 15.3. The third-order valence-corrected chi connectivity index (χ3v) is 4.32. The standard InChI is InChI=1S/C17H27ClN2O/c1-17(2,3)15-13-14(18)5-6-16(15)21-12-4-9-20-10-7-19-8-11-20/h5-6,13,19H,4,7-12H2,1-3H3/p+2. The number of ether oxygens (including phenoxy) is 1. The Morgan fingerprint density at radius 2 is 1.95 bits per heavy atom. The number of piperazine rings is 1. The third kappa shape index (κ3) is 5.17. The molecule has 118 valence electrons. The first kappa shape index (κ1) is 16.6. The summed E-state index contributed by atoms with van der Waals surface area (Å²) >= 11 is 6.12. The molecule has 1 aliphatic heterocycles. The predicted octanol–water partition coefficient (Wildman–Crippen LogP) is 0.868. The molecule has 1 fully saturated rings. The van der Waals surface area contributed by atoms with E-state index in [1.165, 1.54) is 38.3 Å². The van der Waals surface area contributed by atoms with E-state index < -0.39 is 0 Å². The molecular weight excluding hydrogens is 284 g/mol. The molecule has 0 spiro atoms. The SMILES string of the molecule is CC(C)(C)c1cc(Cl)ccc1OCCC[NH+]1CC[NH2+]CC1. The predicted molar refractivity (Wildman–Crippen MR) is 87.5 cm³/mol. The smallest absolute Gasteiger partial charge is 0.127 e. The van der Waals surface area contributed by atoms with Crippen LogP contribution in [0.1, 0.15) is 32.8 Å². The number of nitrogens with one attached hydrogen (secondary N) is 1. The van der Waals surface area contributed by atoms with Gasteiger partial charge in [-0.15, -0.1) is 0 Å². The lowest BCUT2D eigenvalue weighted by molar-refractivity contribution is -0.946. The molecule has 0 aromatic heterocycles. The van der Waals surface area contributed by atoms with E-state index in [1.54, 1.807) is 4.90 Å². The first-order chi connectivity index (χ1) is 9.97. The summed E-state index contributed by atoms with van der Waals surface area (Å²) in [7, 11) is 0. The van der Waals surface area contributed by atoms with E-state index >= 15 is 0 Å². The molecule has 1 aromatic carbocycles. The lowest BCUT2D eigenvalue weighted by atomic mass is 9.86. The van der Waals surface area contributed by atoms with Crippen LogP contribution in [0.5, 0.6) is 5.75 Å². The molecule has 0 radical (unpaired) electrons. The van der Waals surface area contributed by atoms with Crippen molar-refractivity contribution >= 4 is 11.6 Å². The molecule has 0 unspecified atom stereocenters. The molecule has 1 aliphatic rings. The normalized spacial score (nSPS) is 17.0. The van der Waals surface area contributed by atoms with Crippen molar-refractivity contribution in [3.8, 4) is 5.75 Å². The van der Waals surface area contributed by atoms with Gasteiger partial charge in [0.15, 0.2) is 0 Å². The molecule has 3 nitrogen and oxygen atoms in total. The molecule has 0 bridgehead atoms. The van der Waals surface area contributed by atoms with Crippen LogP contribution >= 0.6 is 11.6 Å². The second kappa shape index (κ2) is 7.48. The van der Waals surface area contributed by atoms with E-state index in [0.29, 0.717) is 0 Å². The van der Waals surface area contributed by atoms with Crippen molar-refractivity contribution in [2.75, 3.05) is 39.3 Å². The van der Waals surface area contributed by atoms with Crippen LogP contribution in [0, 0.1) is 0 Å². The summed E-state index contributed by atoms with van der Waals surface area (Å²) in [5.41, 5.74) is 1.24. The number of rotatable bonds is 5. The van der Waals surface area contributed by atoms with Crippen molar-refractivity contribution in [1.29, 1.82) is 0 Å². The summed E-state index contributed by atoms with van der Waals surface area (Å²) in [4.78, 5) is 1.72. The van der Waals surface area contributed by atoms with Crippen LogP contribution in [-0.4, -0.2) is 39.3 Å². The minimum atomic E-state index is 0.0498. The Morgan fingerprint density at radius 1 is 1.24 bits per heavy atom. The average molecular weight is 313 g/mol. The number of halogens is 1. The Kier molecular flexibility index (Phi) is 5.91. The Balaban J connectivity index is 1.85. The van der Waals surface area contributed by atoms with E-state index in [2.05, 4.69) is 26.1 Å². The first-order valence-corrected chi connectivity index (χ1v) is 8.42. The van der Waals surface area contributed by atoms with Gasteiger partial charge < -0.3 is 15.0 Å². The second-order valence-corrected chi connectivity index (χ2v) is 7.39. The highest BCUT2D eigenvalue weighted by atomic mass is 35.5. The van der Waals surface area contributed by atoms with Crippen molar-refractivity contribution in [3.05, 3.63) is 28.8 Å². The molecule has 4 heteroatoms. The molecule has 1 heterocycles. The zero-order valence-electron chi connectivity index (χ0n) is 13.5. The Hall–Kier alpha value is -0.770. The fraction of sp³-hybridized carbons (Fsp3) is 0.647. The highest BCUT2D eigenvalue weighted by molar-refractivity contribution is 6.30. The monoisotopic (exact) mass is 312 g/mol. The topological polar surface area (TPSA) is 30.3 Å². The highest BCUT2D eigenvalue weighted by Crippen LogP contribution is 2.33. The maximum absolute atomic E-state index is 6.12. The number of hydrogen-bond acceptors (Lipinski definition) is 1. The lowest BCUT2D eigenvalue weighted by Gasteiger charge is -2.24. The third-order valence-electron chi connectivity index (χ3n) is 4.09. The van der Waals surface area contributed by atoms with Crippen molar-refractivity contribution in [2.45, 2.75) is 32.6 Å². The molecule has 0 aliphatic carbocycles. The van der Waals surface area contributed by atoms with Gasteiger partial charge in [0, 0.05) is 17.0 Å². The second-order valence-electron chi connectivity index (χ2n) is 6.96. The summed E-state index contributed by atoms with van der Waals surface area (Å²) in [6, 6.07) is 5.95. The number of hydrogen-bond donors (Lipinski definition) is 2. The van der Waals surface area contributed by atoms with Crippen molar-refractivity contribution in [3.63, 3.8) is 0 Å². The Labute approximate surface area is 133 Å². The van der Waals surface area contributed by atoms with Gasteiger partial charge in [-0.25, -0.2) is 0 Å². The van der Waals surface area contributed by atoms with Gasteiger partial charge in [-0.3, -0.25) is 0 Å². The van der Waals surface area contributed by atoms with Crippen LogP contribution in [0.15, 0.2) is 18.2 Å². The lowest BCUT2D eigenvalue weighted by Crippen LogP contribution is -3.20. The zero-order valence-corrected chi connectivity index (χ0v) is 14.3. The number of nitrogens with two attached hydrogens (primary N) is 1. The minimum absolute atomic E-state index is 0.0498. The van der Waals surface area contributed by atoms with E-state index in [0.717, 1.165) is 23.8 Å². The summed E-state index contributed by atoms with van der Waals surface area (Å²) in [6.45, 7) is 13.7. The quantitative estimate of drug-likeness (QED) is 0.777.